The van der Waals surface area contributed by atoms with E-state index in [0.29, 0.717) is 64.2 Å². The van der Waals surface area contributed by atoms with Gasteiger partial charge in [0.2, 0.25) is 0 Å². The van der Waals surface area contributed by atoms with Crippen LogP contribution in [0.15, 0.2) is 92.1 Å². The van der Waals surface area contributed by atoms with Crippen LogP contribution in [0.1, 0.15) is 217 Å². The predicted octanol–water partition coefficient (Wildman–Crippen LogP) is 19.0. The van der Waals surface area contributed by atoms with Crippen molar-refractivity contribution in [2.45, 2.75) is 196 Å². The number of amides is 2. The summed E-state index contributed by atoms with van der Waals surface area (Å²) in [6.07, 6.45) is 22.7. The molecule has 0 aliphatic carbocycles. The van der Waals surface area contributed by atoms with Gasteiger partial charge in [-0.05, 0) is 115 Å². The Morgan fingerprint density at radius 2 is 1.12 bits per heavy atom. The van der Waals surface area contributed by atoms with Crippen molar-refractivity contribution in [1.82, 2.24) is 9.80 Å². The molecule has 0 saturated carbocycles. The minimum Gasteiger partial charge on any atom is -0.459 e. The maximum absolute atomic E-state index is 15.7. The van der Waals surface area contributed by atoms with Gasteiger partial charge in [0.25, 0.3) is 11.8 Å². The van der Waals surface area contributed by atoms with Crippen molar-refractivity contribution < 1.29 is 28.0 Å². The molecule has 6 aromatic rings. The van der Waals surface area contributed by atoms with Gasteiger partial charge in [-0.15, -0.1) is 22.7 Å². The molecule has 10 heteroatoms. The maximum atomic E-state index is 15.7. The molecule has 2 atom stereocenters. The van der Waals surface area contributed by atoms with Gasteiger partial charge in [-0.1, -0.05) is 170 Å². The first-order valence-corrected chi connectivity index (χ1v) is 30.7. The first-order chi connectivity index (χ1) is 36.4. The van der Waals surface area contributed by atoms with Gasteiger partial charge in [0.15, 0.2) is 11.5 Å². The molecule has 6 heterocycles. The first kappa shape index (κ1) is 56.0. The molecule has 4 aromatic heterocycles. The van der Waals surface area contributed by atoms with Gasteiger partial charge in [-0.25, -0.2) is 4.79 Å². The zero-order valence-electron chi connectivity index (χ0n) is 46.5. The van der Waals surface area contributed by atoms with Gasteiger partial charge in [-0.3, -0.25) is 9.59 Å². The number of fused-ring (bicyclic) bond motifs is 4. The minimum absolute atomic E-state index is 0.148. The zero-order valence-corrected chi connectivity index (χ0v) is 48.1. The SMILES string of the molecule is CCCCCCc1c(C(=O)Oc2ccccc2)c2ccsc2c2sc(-c3ccc(C4=C5C(=O)N(CC(CCCC)CCCCCC)C(c6ccc(C(C)(C)C)o6)=C5C(=O)N4CC(CCCC)CCCCCC)o3)cc12. The molecule has 75 heavy (non-hydrogen) atoms. The lowest BCUT2D eigenvalue weighted by atomic mass is 9.94. The van der Waals surface area contributed by atoms with Crippen molar-refractivity contribution in [3.8, 4) is 16.4 Å². The molecule has 0 spiro atoms. The number of rotatable bonds is 30. The first-order valence-electron chi connectivity index (χ1n) is 29.0. The van der Waals surface area contributed by atoms with Crippen LogP contribution in [0.3, 0.4) is 0 Å². The molecule has 0 N–H and O–H groups in total. The molecular weight excluding hydrogens is 969 g/mol. The summed E-state index contributed by atoms with van der Waals surface area (Å²) in [4.78, 5) is 50.6. The number of nitrogens with zero attached hydrogens (tertiary/aromatic N) is 2. The number of benzene rings is 2. The van der Waals surface area contributed by atoms with Crippen LogP contribution in [0, 0.1) is 11.8 Å². The monoisotopic (exact) mass is 1050 g/mol. The molecule has 0 bridgehead atoms. The highest BCUT2D eigenvalue weighted by atomic mass is 32.1. The van der Waals surface area contributed by atoms with Crippen LogP contribution in [-0.4, -0.2) is 40.7 Å². The molecule has 8 nitrogen and oxygen atoms in total. The number of carbonyl (C=O) groups is 3. The molecule has 0 saturated heterocycles. The second-order valence-corrected chi connectivity index (χ2v) is 24.4. The number of furan rings is 2. The Kier molecular flexibility index (Phi) is 19.6. The fourth-order valence-corrected chi connectivity index (χ4v) is 13.6. The van der Waals surface area contributed by atoms with E-state index in [1.165, 1.54) is 38.5 Å². The predicted molar refractivity (Wildman–Crippen MR) is 312 cm³/mol. The lowest BCUT2D eigenvalue weighted by Gasteiger charge is -2.29. The van der Waals surface area contributed by atoms with E-state index < -0.39 is 0 Å². The highest BCUT2D eigenvalue weighted by molar-refractivity contribution is 7.28. The van der Waals surface area contributed by atoms with Crippen molar-refractivity contribution in [3.05, 3.63) is 112 Å². The van der Waals surface area contributed by atoms with Crippen LogP contribution in [0.4, 0.5) is 0 Å². The smallest absolute Gasteiger partial charge is 0.344 e. The second-order valence-electron chi connectivity index (χ2n) is 22.5. The highest BCUT2D eigenvalue weighted by Gasteiger charge is 2.51. The summed E-state index contributed by atoms with van der Waals surface area (Å²) in [7, 11) is 0. The number of para-hydroxylation sites is 1. The molecule has 8 rings (SSSR count). The Bertz CT molecular complexity index is 2940. The van der Waals surface area contributed by atoms with Gasteiger partial charge in [0, 0.05) is 23.9 Å². The number of esters is 1. The average Bonchev–Trinajstić information content (AvgIpc) is 4.31. The summed E-state index contributed by atoms with van der Waals surface area (Å²) in [6, 6.07) is 21.6. The van der Waals surface area contributed by atoms with Gasteiger partial charge in [0.05, 0.1) is 31.0 Å². The Morgan fingerprint density at radius 3 is 1.68 bits per heavy atom. The number of hydrogen-bond acceptors (Lipinski definition) is 8. The van der Waals surface area contributed by atoms with Crippen LogP contribution in [-0.2, 0) is 21.4 Å². The Hall–Kier alpha value is -5.19. The molecule has 2 aliphatic rings. The molecular formula is C65H84N2O6S2. The fourth-order valence-electron chi connectivity index (χ4n) is 11.4. The number of carbonyl (C=O) groups excluding carboxylic acids is 3. The van der Waals surface area contributed by atoms with Gasteiger partial charge >= 0.3 is 5.97 Å². The molecule has 2 amide bonds. The summed E-state index contributed by atoms with van der Waals surface area (Å²) in [5.41, 5.74) is 3.40. The van der Waals surface area contributed by atoms with Gasteiger partial charge in [-0.2, -0.15) is 0 Å². The highest BCUT2D eigenvalue weighted by Crippen LogP contribution is 2.50. The number of ether oxygens (including phenoxy) is 1. The van der Waals surface area contributed by atoms with E-state index in [1.54, 1.807) is 22.7 Å². The van der Waals surface area contributed by atoms with E-state index in [1.807, 2.05) is 64.4 Å². The van der Waals surface area contributed by atoms with Crippen molar-refractivity contribution in [2.24, 2.45) is 11.8 Å². The van der Waals surface area contributed by atoms with E-state index >= 15 is 9.59 Å². The topological polar surface area (TPSA) is 93.2 Å². The summed E-state index contributed by atoms with van der Waals surface area (Å²) in [5, 5.41) is 4.02. The fraction of sp³-hybridized carbons (Fsp3) is 0.523. The van der Waals surface area contributed by atoms with Gasteiger partial charge < -0.3 is 23.4 Å². The Balaban J connectivity index is 1.27. The number of aryl methyl sites for hydroxylation is 1. The van der Waals surface area contributed by atoms with E-state index in [0.717, 1.165) is 133 Å². The van der Waals surface area contributed by atoms with E-state index in [9.17, 15) is 4.79 Å². The number of thiophene rings is 2. The van der Waals surface area contributed by atoms with Crippen LogP contribution in [0.5, 0.6) is 5.75 Å². The number of unbranched alkanes of at least 4 members (excludes halogenated alkanes) is 11. The average molecular weight is 1050 g/mol. The third-order valence-electron chi connectivity index (χ3n) is 15.5. The summed E-state index contributed by atoms with van der Waals surface area (Å²) in [5.74, 6) is 2.98. The van der Waals surface area contributed by atoms with E-state index in [-0.39, 0.29) is 35.0 Å². The van der Waals surface area contributed by atoms with Crippen molar-refractivity contribution in [1.29, 1.82) is 0 Å². The van der Waals surface area contributed by atoms with Crippen LogP contribution < -0.4 is 4.74 Å². The lowest BCUT2D eigenvalue weighted by Crippen LogP contribution is -2.34. The number of hydrogen-bond donors (Lipinski definition) is 0. The Labute approximate surface area is 456 Å². The largest absolute Gasteiger partial charge is 0.459 e. The van der Waals surface area contributed by atoms with Gasteiger partial charge in [0.1, 0.15) is 28.7 Å². The minimum atomic E-state index is -0.345. The standard InChI is InChI=1S/C65H84N2O6S2/c1-9-14-19-23-30-44(28-17-12-4)42-66-58(56-57(63(66)69)59(52-37-38-54(73-52)65(6,7)8)67(62(56)68)43-45(29-18-13-5)31-24-20-15-10-2)51-36-35-50(72-51)53-41-49-47(34-27-21-16-11-3)55(48-39-40-74-60(48)61(49)75-53)64(70)71-46-32-25-22-26-33-46/h22,25-26,32-33,35-41,44-45H,9-21,23-24,27-31,34,42-43H2,1-8H3. The third-order valence-corrected chi connectivity index (χ3v) is 17.8. The third kappa shape index (κ3) is 12.8. The summed E-state index contributed by atoms with van der Waals surface area (Å²) in [6.45, 7) is 18.6. The second kappa shape index (κ2) is 26.2. The van der Waals surface area contributed by atoms with Crippen molar-refractivity contribution in [3.63, 3.8) is 0 Å². The van der Waals surface area contributed by atoms with E-state index in [2.05, 4.69) is 72.9 Å². The normalized spacial score (nSPS) is 14.9. The van der Waals surface area contributed by atoms with Crippen molar-refractivity contribution >= 4 is 72.0 Å². The van der Waals surface area contributed by atoms with Crippen LogP contribution in [0.25, 0.3) is 42.2 Å². The van der Waals surface area contributed by atoms with Crippen LogP contribution >= 0.6 is 22.7 Å². The molecule has 2 unspecified atom stereocenters. The quantitative estimate of drug-likeness (QED) is 0.0253. The summed E-state index contributed by atoms with van der Waals surface area (Å²) >= 11 is 3.31. The summed E-state index contributed by atoms with van der Waals surface area (Å²) < 4.78 is 22.1. The molecule has 0 radical (unpaired) electrons. The Morgan fingerprint density at radius 1 is 0.587 bits per heavy atom. The molecule has 2 aromatic carbocycles. The molecule has 402 valence electrons. The maximum Gasteiger partial charge on any atom is 0.344 e. The lowest BCUT2D eigenvalue weighted by molar-refractivity contribution is -0.124. The molecule has 2 aliphatic heterocycles. The molecule has 0 fully saturated rings. The van der Waals surface area contributed by atoms with Crippen LogP contribution in [0.2, 0.25) is 0 Å². The zero-order chi connectivity index (χ0) is 53.1. The van der Waals surface area contributed by atoms with E-state index in [4.69, 9.17) is 13.6 Å². The van der Waals surface area contributed by atoms with Crippen molar-refractivity contribution in [2.75, 3.05) is 13.1 Å².